The van der Waals surface area contributed by atoms with Crippen LogP contribution in [0.4, 0.5) is 0 Å². The van der Waals surface area contributed by atoms with Crippen LogP contribution in [0, 0.1) is 17.8 Å². The maximum Gasteiger partial charge on any atom is 0.472 e. The molecule has 3 N–H and O–H groups in total. The van der Waals surface area contributed by atoms with Crippen molar-refractivity contribution in [2.75, 3.05) is 39.6 Å². The minimum Gasteiger partial charge on any atom is -0.462 e. The number of aliphatic hydroxyl groups excluding tert-OH is 1. The van der Waals surface area contributed by atoms with Crippen LogP contribution in [-0.4, -0.2) is 96.7 Å². The molecule has 0 aliphatic rings. The molecule has 0 spiro atoms. The number of phosphoric ester groups is 2. The highest BCUT2D eigenvalue weighted by molar-refractivity contribution is 7.47. The largest absolute Gasteiger partial charge is 0.472 e. The molecule has 0 aromatic heterocycles. The summed E-state index contributed by atoms with van der Waals surface area (Å²) in [4.78, 5) is 73.1. The zero-order chi connectivity index (χ0) is 73.7. The minimum absolute atomic E-state index is 0.108. The van der Waals surface area contributed by atoms with E-state index >= 15 is 0 Å². The number of hydrogen-bond acceptors (Lipinski definition) is 15. The van der Waals surface area contributed by atoms with Gasteiger partial charge in [-0.3, -0.25) is 37.3 Å². The lowest BCUT2D eigenvalue weighted by atomic mass is 10.0. The molecule has 0 saturated carbocycles. The number of phosphoric acid groups is 2. The van der Waals surface area contributed by atoms with E-state index in [4.69, 9.17) is 37.0 Å². The second-order valence-electron chi connectivity index (χ2n) is 30.6. The van der Waals surface area contributed by atoms with Crippen molar-refractivity contribution in [3.8, 4) is 0 Å². The van der Waals surface area contributed by atoms with Gasteiger partial charge in [0.1, 0.15) is 19.3 Å². The summed E-state index contributed by atoms with van der Waals surface area (Å²) in [6.45, 7) is 12.0. The Morgan fingerprint density at radius 1 is 0.270 bits per heavy atom. The zero-order valence-corrected chi connectivity index (χ0v) is 67.5. The smallest absolute Gasteiger partial charge is 0.462 e. The Bertz CT molecular complexity index is 1940. The fourth-order valence-electron chi connectivity index (χ4n) is 12.5. The molecule has 0 aliphatic carbocycles. The molecule has 0 aromatic rings. The van der Waals surface area contributed by atoms with E-state index in [1.165, 1.54) is 231 Å². The summed E-state index contributed by atoms with van der Waals surface area (Å²) in [7, 11) is -9.92. The van der Waals surface area contributed by atoms with Crippen molar-refractivity contribution in [1.82, 2.24) is 0 Å². The fourth-order valence-corrected chi connectivity index (χ4v) is 14.1. The van der Waals surface area contributed by atoms with Crippen LogP contribution >= 0.6 is 15.6 Å². The van der Waals surface area contributed by atoms with E-state index in [0.717, 1.165) is 108 Å². The van der Waals surface area contributed by atoms with Crippen molar-refractivity contribution < 1.29 is 80.2 Å². The third-order valence-electron chi connectivity index (χ3n) is 18.9. The van der Waals surface area contributed by atoms with Gasteiger partial charge in [-0.25, -0.2) is 9.13 Å². The van der Waals surface area contributed by atoms with Crippen LogP contribution in [0.2, 0.25) is 0 Å². The average molecular weight is 1470 g/mol. The molecule has 100 heavy (non-hydrogen) atoms. The average Bonchev–Trinajstić information content (AvgIpc) is 0.923. The predicted octanol–water partition coefficient (Wildman–Crippen LogP) is 24.1. The minimum atomic E-state index is -4.96. The number of ether oxygens (including phenoxy) is 4. The lowest BCUT2D eigenvalue weighted by Crippen LogP contribution is -2.30. The van der Waals surface area contributed by atoms with Gasteiger partial charge in [-0.05, 0) is 43.4 Å². The van der Waals surface area contributed by atoms with Crippen molar-refractivity contribution in [3.63, 3.8) is 0 Å². The van der Waals surface area contributed by atoms with Gasteiger partial charge in [0.2, 0.25) is 0 Å². The number of hydrogen-bond donors (Lipinski definition) is 3. The van der Waals surface area contributed by atoms with E-state index in [0.29, 0.717) is 25.7 Å². The van der Waals surface area contributed by atoms with E-state index in [1.54, 1.807) is 0 Å². The molecule has 0 amide bonds. The van der Waals surface area contributed by atoms with Gasteiger partial charge in [-0.15, -0.1) is 0 Å². The standard InChI is InChI=1S/C81H158O17P2/c1-8-9-10-11-12-13-14-15-21-27-36-43-50-57-64-80(85)98-77(69-92-79(84)63-56-49-42-35-30-29-33-40-47-54-61-74(6)7)71-96-100(89,90)94-67-75(82)66-93-99(87,88)95-70-76(68-91-78(83)62-55-48-41-34-26-23-18-20-25-32-39-46-53-60-73(4)5)97-81(86)65-58-51-44-37-28-22-17-16-19-24-31-38-45-52-59-72(2)3/h72-77,82H,8-71H2,1-7H3,(H,87,88)(H,89,90)/t75-,76-,77-/m1/s1. The van der Waals surface area contributed by atoms with Crippen molar-refractivity contribution in [2.24, 2.45) is 17.8 Å². The van der Waals surface area contributed by atoms with E-state index < -0.39 is 97.5 Å². The Morgan fingerprint density at radius 2 is 0.460 bits per heavy atom. The second kappa shape index (κ2) is 71.3. The van der Waals surface area contributed by atoms with Crippen molar-refractivity contribution >= 4 is 39.5 Å². The van der Waals surface area contributed by atoms with Crippen LogP contribution in [0.3, 0.4) is 0 Å². The summed E-state index contributed by atoms with van der Waals surface area (Å²) < 4.78 is 68.8. The Kier molecular flexibility index (Phi) is 69.9. The maximum atomic E-state index is 13.1. The van der Waals surface area contributed by atoms with Gasteiger partial charge in [0.15, 0.2) is 12.2 Å². The van der Waals surface area contributed by atoms with Gasteiger partial charge in [0, 0.05) is 25.7 Å². The molecule has 0 fully saturated rings. The molecule has 0 aliphatic heterocycles. The Balaban J connectivity index is 5.27. The van der Waals surface area contributed by atoms with E-state index in [1.807, 2.05) is 0 Å². The number of esters is 4. The first kappa shape index (κ1) is 98.1. The van der Waals surface area contributed by atoms with Crippen molar-refractivity contribution in [2.45, 2.75) is 439 Å². The Hall–Kier alpha value is -1.94. The molecule has 19 heteroatoms. The van der Waals surface area contributed by atoms with Crippen LogP contribution in [0.15, 0.2) is 0 Å². The van der Waals surface area contributed by atoms with Crippen LogP contribution in [0.1, 0.15) is 421 Å². The highest BCUT2D eigenvalue weighted by Gasteiger charge is 2.30. The number of aliphatic hydroxyl groups is 1. The fraction of sp³-hybridized carbons (Fsp3) is 0.951. The summed E-state index contributed by atoms with van der Waals surface area (Å²) >= 11 is 0. The van der Waals surface area contributed by atoms with E-state index in [2.05, 4.69) is 48.5 Å². The highest BCUT2D eigenvalue weighted by atomic mass is 31.2. The molecule has 5 atom stereocenters. The molecular weight excluding hydrogens is 1310 g/mol. The quantitative estimate of drug-likeness (QED) is 0.0222. The monoisotopic (exact) mass is 1470 g/mol. The highest BCUT2D eigenvalue weighted by Crippen LogP contribution is 2.45. The molecule has 0 rings (SSSR count). The summed E-state index contributed by atoms with van der Waals surface area (Å²) in [6, 6.07) is 0. The van der Waals surface area contributed by atoms with Gasteiger partial charge >= 0.3 is 39.5 Å². The molecule has 594 valence electrons. The molecule has 0 bridgehead atoms. The number of carbonyl (C=O) groups excluding carboxylic acids is 4. The van der Waals surface area contributed by atoms with Gasteiger partial charge in [0.05, 0.1) is 26.4 Å². The van der Waals surface area contributed by atoms with Gasteiger partial charge < -0.3 is 33.8 Å². The third kappa shape index (κ3) is 74.3. The number of carbonyl (C=O) groups is 4. The summed E-state index contributed by atoms with van der Waals surface area (Å²) in [5, 5.41) is 10.6. The van der Waals surface area contributed by atoms with E-state index in [9.17, 15) is 43.2 Å². The first-order chi connectivity index (χ1) is 48.2. The van der Waals surface area contributed by atoms with Gasteiger partial charge in [-0.1, -0.05) is 370 Å². The molecule has 17 nitrogen and oxygen atoms in total. The molecule has 2 unspecified atom stereocenters. The normalized spacial score (nSPS) is 14.0. The molecule has 0 heterocycles. The molecular formula is C81H158O17P2. The molecule has 0 radical (unpaired) electrons. The first-order valence-corrected chi connectivity index (χ1v) is 44.8. The summed E-state index contributed by atoms with van der Waals surface area (Å²) in [5.74, 6) is 0.237. The van der Waals surface area contributed by atoms with Crippen LogP contribution in [-0.2, 0) is 65.4 Å². The molecule has 0 saturated heterocycles. The molecule has 0 aromatic carbocycles. The van der Waals surface area contributed by atoms with Crippen molar-refractivity contribution in [3.05, 3.63) is 0 Å². The zero-order valence-electron chi connectivity index (χ0n) is 65.7. The Labute approximate surface area is 613 Å². The topological polar surface area (TPSA) is 237 Å². The maximum absolute atomic E-state index is 13.1. The van der Waals surface area contributed by atoms with Crippen LogP contribution in [0.5, 0.6) is 0 Å². The SMILES string of the molecule is CCCCCCCCCCCCCCCCC(=O)O[C@H](COC(=O)CCCCCCCCCCCCC(C)C)COP(=O)(O)OC[C@H](O)COP(=O)(O)OC[C@@H](COC(=O)CCCCCCCCCCCCCCCC(C)C)OC(=O)CCCCCCCCCCCCCCCCC(C)C. The number of rotatable bonds is 79. The second-order valence-corrected chi connectivity index (χ2v) is 33.5. The predicted molar refractivity (Wildman–Crippen MR) is 409 cm³/mol. The van der Waals surface area contributed by atoms with Crippen molar-refractivity contribution in [1.29, 1.82) is 0 Å². The van der Waals surface area contributed by atoms with Gasteiger partial charge in [-0.2, -0.15) is 0 Å². The van der Waals surface area contributed by atoms with Crippen LogP contribution < -0.4 is 0 Å². The first-order valence-electron chi connectivity index (χ1n) is 41.8. The number of unbranched alkanes of at least 4 members (excludes halogenated alkanes) is 47. The summed E-state index contributed by atoms with van der Waals surface area (Å²) in [6.07, 6.45) is 59.5. The lowest BCUT2D eigenvalue weighted by molar-refractivity contribution is -0.161. The summed E-state index contributed by atoms with van der Waals surface area (Å²) in [5.41, 5.74) is 0. The van der Waals surface area contributed by atoms with E-state index in [-0.39, 0.29) is 25.7 Å². The third-order valence-corrected chi connectivity index (χ3v) is 20.8. The van der Waals surface area contributed by atoms with Gasteiger partial charge in [0.25, 0.3) is 0 Å². The van der Waals surface area contributed by atoms with Crippen LogP contribution in [0.25, 0.3) is 0 Å². The Morgan fingerprint density at radius 3 is 0.680 bits per heavy atom. The lowest BCUT2D eigenvalue weighted by Gasteiger charge is -2.21.